The van der Waals surface area contributed by atoms with Crippen LogP contribution in [-0.4, -0.2) is 17.0 Å². The normalized spacial score (nSPS) is 15.0. The van der Waals surface area contributed by atoms with Gasteiger partial charge < -0.3 is 16.2 Å². The van der Waals surface area contributed by atoms with E-state index in [2.05, 4.69) is 5.32 Å². The summed E-state index contributed by atoms with van der Waals surface area (Å²) in [6.07, 6.45) is 0.758. The number of nitrogens with one attached hydrogen (secondary N) is 1. The van der Waals surface area contributed by atoms with E-state index in [0.717, 1.165) is 27.9 Å². The Kier molecular flexibility index (Phi) is 3.57. The number of aliphatic carboxylic acids is 1. The third-order valence-corrected chi connectivity index (χ3v) is 3.63. The number of carbonyl (C=O) groups is 2. The van der Waals surface area contributed by atoms with Crippen molar-refractivity contribution in [2.45, 2.75) is 39.2 Å². The first-order valence-corrected chi connectivity index (χ1v) is 6.30. The van der Waals surface area contributed by atoms with Gasteiger partial charge in [-0.1, -0.05) is 6.07 Å². The van der Waals surface area contributed by atoms with Crippen LogP contribution in [0.5, 0.6) is 0 Å². The molecule has 0 bridgehead atoms. The summed E-state index contributed by atoms with van der Waals surface area (Å²) < 4.78 is 0. The molecule has 1 unspecified atom stereocenters. The number of hydrogen-bond donors (Lipinski definition) is 3. The molecule has 5 heteroatoms. The highest BCUT2D eigenvalue weighted by Gasteiger charge is 2.26. The minimum atomic E-state index is -0.860. The highest BCUT2D eigenvalue weighted by atomic mass is 16.4. The maximum Gasteiger partial charge on any atom is 0.303 e. The van der Waals surface area contributed by atoms with Gasteiger partial charge in [-0.2, -0.15) is 0 Å². The first-order valence-electron chi connectivity index (χ1n) is 6.30. The molecule has 19 heavy (non-hydrogen) atoms. The average Bonchev–Trinajstić information content (AvgIpc) is 2.67. The third-order valence-electron chi connectivity index (χ3n) is 3.63. The molecule has 0 spiro atoms. The predicted molar refractivity (Wildman–Crippen MR) is 72.0 cm³/mol. The number of carboxylic acids is 1. The molecule has 1 aliphatic rings. The fourth-order valence-corrected chi connectivity index (χ4v) is 2.55. The van der Waals surface area contributed by atoms with Crippen LogP contribution < -0.4 is 11.1 Å². The minimum Gasteiger partial charge on any atom is -0.481 e. The number of anilines is 1. The lowest BCUT2D eigenvalue weighted by Gasteiger charge is -2.20. The zero-order valence-electron chi connectivity index (χ0n) is 11.1. The minimum absolute atomic E-state index is 0.0251. The smallest absolute Gasteiger partial charge is 0.303 e. The second-order valence-corrected chi connectivity index (χ2v) is 5.03. The number of benzene rings is 1. The summed E-state index contributed by atoms with van der Waals surface area (Å²) >= 11 is 0. The van der Waals surface area contributed by atoms with Gasteiger partial charge in [-0.15, -0.1) is 0 Å². The number of hydrogen-bond acceptors (Lipinski definition) is 3. The molecule has 0 radical (unpaired) electrons. The summed E-state index contributed by atoms with van der Waals surface area (Å²) in [4.78, 5) is 22.2. The molecular weight excluding hydrogens is 244 g/mol. The Labute approximate surface area is 111 Å². The Bertz CT molecular complexity index is 552. The summed E-state index contributed by atoms with van der Waals surface area (Å²) in [7, 11) is 0. The summed E-state index contributed by atoms with van der Waals surface area (Å²) in [5.41, 5.74) is 10.8. The fraction of sp³-hybridized carbons (Fsp3) is 0.429. The molecule has 4 N–H and O–H groups in total. The molecule has 0 saturated carbocycles. The first kappa shape index (κ1) is 13.5. The van der Waals surface area contributed by atoms with E-state index >= 15 is 0 Å². The summed E-state index contributed by atoms with van der Waals surface area (Å²) in [5.74, 6) is -0.895. The monoisotopic (exact) mass is 262 g/mol. The number of rotatable bonds is 4. The van der Waals surface area contributed by atoms with Gasteiger partial charge in [0.1, 0.15) is 0 Å². The van der Waals surface area contributed by atoms with E-state index in [4.69, 9.17) is 10.8 Å². The highest BCUT2D eigenvalue weighted by molar-refractivity contribution is 6.00. The second kappa shape index (κ2) is 5.01. The van der Waals surface area contributed by atoms with Crippen molar-refractivity contribution in [3.63, 3.8) is 0 Å². The lowest BCUT2D eigenvalue weighted by atomic mass is 9.91. The van der Waals surface area contributed by atoms with Crippen LogP contribution in [-0.2, 0) is 16.0 Å². The Morgan fingerprint density at radius 2 is 2.21 bits per heavy atom. The molecule has 1 amide bonds. The highest BCUT2D eigenvalue weighted by Crippen LogP contribution is 2.36. The molecule has 0 saturated heterocycles. The Hall–Kier alpha value is -1.88. The maximum absolute atomic E-state index is 11.5. The lowest BCUT2D eigenvalue weighted by molar-refractivity contribution is -0.137. The molecule has 2 rings (SSSR count). The molecule has 0 fully saturated rings. The van der Waals surface area contributed by atoms with Crippen molar-refractivity contribution in [2.75, 3.05) is 5.32 Å². The third kappa shape index (κ3) is 2.61. The molecular formula is C14H18N2O3. The Morgan fingerprint density at radius 1 is 1.53 bits per heavy atom. The molecule has 1 heterocycles. The number of amides is 1. The number of carboxylic acid groups (broad SMARTS) is 1. The van der Waals surface area contributed by atoms with Gasteiger partial charge in [-0.3, -0.25) is 9.59 Å². The van der Waals surface area contributed by atoms with Crippen LogP contribution in [0.4, 0.5) is 5.69 Å². The maximum atomic E-state index is 11.5. The Morgan fingerprint density at radius 3 is 2.84 bits per heavy atom. The van der Waals surface area contributed by atoms with E-state index in [1.807, 2.05) is 19.9 Å². The van der Waals surface area contributed by atoms with E-state index in [9.17, 15) is 9.59 Å². The van der Waals surface area contributed by atoms with Gasteiger partial charge in [0.2, 0.25) is 5.91 Å². The fourth-order valence-electron chi connectivity index (χ4n) is 2.55. The van der Waals surface area contributed by atoms with Crippen LogP contribution in [0.15, 0.2) is 6.07 Å². The van der Waals surface area contributed by atoms with Gasteiger partial charge in [0.15, 0.2) is 0 Å². The van der Waals surface area contributed by atoms with Gasteiger partial charge in [0.05, 0.1) is 6.42 Å². The van der Waals surface area contributed by atoms with Gasteiger partial charge in [-0.05, 0) is 42.5 Å². The average molecular weight is 262 g/mol. The van der Waals surface area contributed by atoms with Crippen molar-refractivity contribution in [3.05, 3.63) is 28.3 Å². The standard InChI is InChI=1S/C14H18N2O3/c1-7-5-9-6-11(17)16-14(9)13(8(7)2)10(15)3-4-12(18)19/h5,10H,3-4,6,15H2,1-2H3,(H,16,17)(H,18,19). The SMILES string of the molecule is Cc1cc2c(c(C(N)CCC(=O)O)c1C)NC(=O)C2. The van der Waals surface area contributed by atoms with E-state index in [0.29, 0.717) is 12.8 Å². The summed E-state index contributed by atoms with van der Waals surface area (Å²) in [5, 5.41) is 11.6. The second-order valence-electron chi connectivity index (χ2n) is 5.03. The van der Waals surface area contributed by atoms with E-state index in [1.165, 1.54) is 0 Å². The molecule has 0 aliphatic carbocycles. The topological polar surface area (TPSA) is 92.4 Å². The largest absolute Gasteiger partial charge is 0.481 e. The first-order chi connectivity index (χ1) is 8.90. The van der Waals surface area contributed by atoms with Gasteiger partial charge in [-0.25, -0.2) is 0 Å². The number of aryl methyl sites for hydroxylation is 1. The zero-order valence-corrected chi connectivity index (χ0v) is 11.1. The summed E-state index contributed by atoms with van der Waals surface area (Å²) in [6, 6.07) is 1.62. The number of carbonyl (C=O) groups excluding carboxylic acids is 1. The molecule has 1 aromatic carbocycles. The van der Waals surface area contributed by atoms with Crippen LogP contribution in [0.1, 0.15) is 41.1 Å². The van der Waals surface area contributed by atoms with Crippen LogP contribution in [0.25, 0.3) is 0 Å². The van der Waals surface area contributed by atoms with Crippen molar-refractivity contribution >= 4 is 17.6 Å². The van der Waals surface area contributed by atoms with Crippen molar-refractivity contribution < 1.29 is 14.7 Å². The van der Waals surface area contributed by atoms with Crippen LogP contribution >= 0.6 is 0 Å². The predicted octanol–water partition coefficient (Wildman–Crippen LogP) is 1.66. The Balaban J connectivity index is 2.39. The molecule has 0 aromatic heterocycles. The lowest BCUT2D eigenvalue weighted by Crippen LogP contribution is -2.16. The zero-order chi connectivity index (χ0) is 14.2. The number of nitrogens with two attached hydrogens (primary N) is 1. The molecule has 1 atom stereocenters. The van der Waals surface area contributed by atoms with E-state index in [1.54, 1.807) is 0 Å². The molecule has 5 nitrogen and oxygen atoms in total. The van der Waals surface area contributed by atoms with Crippen LogP contribution in [0.3, 0.4) is 0 Å². The molecule has 1 aliphatic heterocycles. The van der Waals surface area contributed by atoms with Gasteiger partial charge in [0.25, 0.3) is 0 Å². The van der Waals surface area contributed by atoms with Crippen molar-refractivity contribution in [2.24, 2.45) is 5.73 Å². The van der Waals surface area contributed by atoms with E-state index in [-0.39, 0.29) is 18.4 Å². The molecule has 1 aromatic rings. The van der Waals surface area contributed by atoms with Crippen molar-refractivity contribution in [3.8, 4) is 0 Å². The molecule has 102 valence electrons. The van der Waals surface area contributed by atoms with Gasteiger partial charge in [0, 0.05) is 18.2 Å². The number of fused-ring (bicyclic) bond motifs is 1. The summed E-state index contributed by atoms with van der Waals surface area (Å²) in [6.45, 7) is 3.93. The van der Waals surface area contributed by atoms with E-state index < -0.39 is 5.97 Å². The van der Waals surface area contributed by atoms with Crippen LogP contribution in [0.2, 0.25) is 0 Å². The quantitative estimate of drug-likeness (QED) is 0.769. The van der Waals surface area contributed by atoms with Crippen molar-refractivity contribution in [1.29, 1.82) is 0 Å². The van der Waals surface area contributed by atoms with Gasteiger partial charge >= 0.3 is 5.97 Å². The van der Waals surface area contributed by atoms with Crippen molar-refractivity contribution in [1.82, 2.24) is 0 Å². The van der Waals surface area contributed by atoms with Crippen LogP contribution in [0, 0.1) is 13.8 Å².